The Morgan fingerprint density at radius 3 is 2.81 bits per heavy atom. The van der Waals surface area contributed by atoms with E-state index in [4.69, 9.17) is 4.74 Å². The van der Waals surface area contributed by atoms with Crippen LogP contribution in [0.15, 0.2) is 37.2 Å². The van der Waals surface area contributed by atoms with Crippen molar-refractivity contribution in [2.75, 3.05) is 13.1 Å². The molecule has 1 atom stereocenters. The molecule has 0 saturated carbocycles. The first-order chi connectivity index (χ1) is 13.1. The zero-order chi connectivity index (χ0) is 18.7. The molecule has 0 radical (unpaired) electrons. The summed E-state index contributed by atoms with van der Waals surface area (Å²) in [5.41, 5.74) is -0.420. The number of carbonyl (C=O) groups is 2. The minimum Gasteiger partial charge on any atom is -0.460 e. The van der Waals surface area contributed by atoms with Crippen LogP contribution in [0.4, 0.5) is 0 Å². The van der Waals surface area contributed by atoms with Crippen molar-refractivity contribution in [3.8, 4) is 0 Å². The summed E-state index contributed by atoms with van der Waals surface area (Å²) in [4.78, 5) is 30.9. The van der Waals surface area contributed by atoms with Crippen molar-refractivity contribution < 1.29 is 14.3 Å². The number of amides is 1. The number of nitrogens with zero attached hydrogens (tertiary/aromatic N) is 5. The Labute approximate surface area is 158 Å². The van der Waals surface area contributed by atoms with Crippen LogP contribution < -0.4 is 0 Å². The van der Waals surface area contributed by atoms with Crippen molar-refractivity contribution in [1.82, 2.24) is 24.2 Å². The number of imidazole rings is 1. The lowest BCUT2D eigenvalue weighted by Crippen LogP contribution is -2.45. The largest absolute Gasteiger partial charge is 0.460 e. The fourth-order valence-corrected chi connectivity index (χ4v) is 4.14. The molecular formula is C19H25N5O3. The van der Waals surface area contributed by atoms with Gasteiger partial charge in [0.1, 0.15) is 6.10 Å². The zero-order valence-corrected chi connectivity index (χ0v) is 15.4. The number of aromatic nitrogens is 4. The molecular weight excluding hydrogens is 346 g/mol. The van der Waals surface area contributed by atoms with E-state index in [1.165, 1.54) is 0 Å². The van der Waals surface area contributed by atoms with Crippen molar-refractivity contribution in [1.29, 1.82) is 0 Å². The molecule has 0 N–H and O–H groups in total. The highest BCUT2D eigenvalue weighted by atomic mass is 16.6. The van der Waals surface area contributed by atoms with Gasteiger partial charge in [0.2, 0.25) is 5.91 Å². The molecule has 0 aliphatic carbocycles. The molecule has 2 fully saturated rings. The number of ether oxygens (including phenoxy) is 1. The van der Waals surface area contributed by atoms with Gasteiger partial charge in [-0.2, -0.15) is 5.10 Å². The standard InChI is InChI=1S/C19H25N5O3/c25-17(3-1-8-24-9-2-6-21-24)23-10-4-19(5-11-23)13-16(27-18(19)26)14-22-12-7-20-15-22/h2,6-7,9,12,15-16H,1,3-5,8,10-11,13-14H2. The summed E-state index contributed by atoms with van der Waals surface area (Å²) in [5.74, 6) is 0.0664. The van der Waals surface area contributed by atoms with E-state index in [9.17, 15) is 9.59 Å². The molecule has 0 bridgehead atoms. The summed E-state index contributed by atoms with van der Waals surface area (Å²) in [7, 11) is 0. The van der Waals surface area contributed by atoms with E-state index in [0.717, 1.165) is 19.4 Å². The lowest BCUT2D eigenvalue weighted by atomic mass is 9.76. The highest BCUT2D eigenvalue weighted by molar-refractivity contribution is 5.80. The van der Waals surface area contributed by atoms with E-state index in [2.05, 4.69) is 10.1 Å². The Hall–Kier alpha value is -2.64. The molecule has 1 unspecified atom stereocenters. The Morgan fingerprint density at radius 1 is 1.26 bits per heavy atom. The second kappa shape index (κ2) is 7.54. The average molecular weight is 371 g/mol. The fraction of sp³-hybridized carbons (Fsp3) is 0.579. The number of aryl methyl sites for hydroxylation is 1. The van der Waals surface area contributed by atoms with Crippen LogP contribution in [0.5, 0.6) is 0 Å². The number of piperidine rings is 1. The molecule has 2 aliphatic rings. The summed E-state index contributed by atoms with van der Waals surface area (Å²) in [5, 5.41) is 4.15. The van der Waals surface area contributed by atoms with Gasteiger partial charge >= 0.3 is 5.97 Å². The molecule has 8 nitrogen and oxygen atoms in total. The third-order valence-corrected chi connectivity index (χ3v) is 5.71. The van der Waals surface area contributed by atoms with Gasteiger partial charge in [-0.3, -0.25) is 14.3 Å². The normalized spacial score (nSPS) is 21.6. The molecule has 1 amide bonds. The summed E-state index contributed by atoms with van der Waals surface area (Å²) in [6.45, 7) is 2.66. The lowest BCUT2D eigenvalue weighted by Gasteiger charge is -2.36. The van der Waals surface area contributed by atoms with E-state index in [-0.39, 0.29) is 18.0 Å². The first-order valence-corrected chi connectivity index (χ1v) is 9.57. The average Bonchev–Trinajstić information content (AvgIpc) is 3.40. The third kappa shape index (κ3) is 3.89. The van der Waals surface area contributed by atoms with E-state index in [1.54, 1.807) is 18.7 Å². The Balaban J connectivity index is 1.25. The van der Waals surface area contributed by atoms with Crippen LogP contribution in [0.1, 0.15) is 32.1 Å². The van der Waals surface area contributed by atoms with Crippen molar-refractivity contribution in [3.63, 3.8) is 0 Å². The van der Waals surface area contributed by atoms with Crippen LogP contribution in [0.2, 0.25) is 0 Å². The van der Waals surface area contributed by atoms with Crippen molar-refractivity contribution >= 4 is 11.9 Å². The maximum absolute atomic E-state index is 12.5. The number of rotatable bonds is 6. The van der Waals surface area contributed by atoms with Crippen LogP contribution in [0, 0.1) is 5.41 Å². The highest BCUT2D eigenvalue weighted by Crippen LogP contribution is 2.43. The van der Waals surface area contributed by atoms with E-state index < -0.39 is 5.41 Å². The molecule has 4 heterocycles. The summed E-state index contributed by atoms with van der Waals surface area (Å²) in [6.07, 6.45) is 12.3. The minimum absolute atomic E-state index is 0.0987. The van der Waals surface area contributed by atoms with Crippen molar-refractivity contribution in [2.24, 2.45) is 5.41 Å². The van der Waals surface area contributed by atoms with Crippen LogP contribution in [-0.4, -0.2) is 55.3 Å². The number of esters is 1. The fourth-order valence-electron chi connectivity index (χ4n) is 4.14. The topological polar surface area (TPSA) is 82.2 Å². The van der Waals surface area contributed by atoms with Gasteiger partial charge in [0.05, 0.1) is 18.3 Å². The van der Waals surface area contributed by atoms with Gasteiger partial charge in [-0.05, 0) is 25.3 Å². The molecule has 2 saturated heterocycles. The summed E-state index contributed by atoms with van der Waals surface area (Å²) < 4.78 is 9.41. The van der Waals surface area contributed by atoms with E-state index in [1.807, 2.05) is 32.6 Å². The maximum Gasteiger partial charge on any atom is 0.312 e. The Kier molecular flexibility index (Phi) is 4.96. The molecule has 1 spiro atoms. The van der Waals surface area contributed by atoms with Crippen molar-refractivity contribution in [3.05, 3.63) is 37.2 Å². The molecule has 144 valence electrons. The maximum atomic E-state index is 12.5. The van der Waals surface area contributed by atoms with Crippen LogP contribution in [-0.2, 0) is 27.4 Å². The molecule has 8 heteroatoms. The second-order valence-electron chi connectivity index (χ2n) is 7.52. The molecule has 0 aromatic carbocycles. The number of hydrogen-bond donors (Lipinski definition) is 0. The van der Waals surface area contributed by atoms with E-state index in [0.29, 0.717) is 38.9 Å². The molecule has 2 aromatic heterocycles. The monoisotopic (exact) mass is 371 g/mol. The van der Waals surface area contributed by atoms with Gasteiger partial charge in [0.15, 0.2) is 0 Å². The van der Waals surface area contributed by atoms with Crippen molar-refractivity contribution in [2.45, 2.75) is 51.3 Å². The first kappa shape index (κ1) is 17.8. The predicted molar refractivity (Wildman–Crippen MR) is 96.4 cm³/mol. The van der Waals surface area contributed by atoms with Gasteiger partial charge in [-0.25, -0.2) is 4.98 Å². The molecule has 4 rings (SSSR count). The smallest absolute Gasteiger partial charge is 0.312 e. The van der Waals surface area contributed by atoms with Crippen LogP contribution >= 0.6 is 0 Å². The Morgan fingerprint density at radius 2 is 2.11 bits per heavy atom. The minimum atomic E-state index is -0.420. The first-order valence-electron chi connectivity index (χ1n) is 9.57. The van der Waals surface area contributed by atoms with Gasteiger partial charge in [-0.1, -0.05) is 0 Å². The summed E-state index contributed by atoms with van der Waals surface area (Å²) in [6, 6.07) is 1.88. The number of hydrogen-bond acceptors (Lipinski definition) is 5. The van der Waals surface area contributed by atoms with Crippen LogP contribution in [0.25, 0.3) is 0 Å². The predicted octanol–water partition coefficient (Wildman–Crippen LogP) is 1.48. The lowest BCUT2D eigenvalue weighted by molar-refractivity contribution is -0.152. The molecule has 2 aromatic rings. The quantitative estimate of drug-likeness (QED) is 0.719. The van der Waals surface area contributed by atoms with Gasteiger partial charge in [0.25, 0.3) is 0 Å². The second-order valence-corrected chi connectivity index (χ2v) is 7.52. The number of likely N-dealkylation sites (tertiary alicyclic amines) is 1. The third-order valence-electron chi connectivity index (χ3n) is 5.71. The van der Waals surface area contributed by atoms with Gasteiger partial charge in [0, 0.05) is 57.3 Å². The number of carbonyl (C=O) groups excluding carboxylic acids is 2. The Bertz CT molecular complexity index is 763. The van der Waals surface area contributed by atoms with Crippen LogP contribution in [0.3, 0.4) is 0 Å². The molecule has 27 heavy (non-hydrogen) atoms. The summed E-state index contributed by atoms with van der Waals surface area (Å²) >= 11 is 0. The zero-order valence-electron chi connectivity index (χ0n) is 15.4. The van der Waals surface area contributed by atoms with Gasteiger partial charge in [-0.15, -0.1) is 0 Å². The number of cyclic esters (lactones) is 1. The molecule has 2 aliphatic heterocycles. The van der Waals surface area contributed by atoms with Gasteiger partial charge < -0.3 is 14.2 Å². The SMILES string of the molecule is O=C(CCCn1cccn1)N1CCC2(CC1)CC(Cn1ccnc1)OC2=O. The highest BCUT2D eigenvalue weighted by Gasteiger charge is 2.50. The van der Waals surface area contributed by atoms with E-state index >= 15 is 0 Å².